The molecule has 1 aromatic rings. The van der Waals surface area contributed by atoms with Crippen LogP contribution in [0.2, 0.25) is 5.02 Å². The van der Waals surface area contributed by atoms with E-state index in [9.17, 15) is 14.4 Å². The number of amides is 2. The number of benzene rings is 1. The quantitative estimate of drug-likeness (QED) is 0.672. The van der Waals surface area contributed by atoms with Gasteiger partial charge in [-0.2, -0.15) is 0 Å². The van der Waals surface area contributed by atoms with Crippen LogP contribution < -0.4 is 4.90 Å². The standard InChI is InChI=1S/C16H14ClNO4/c1-8-2-4-10-11(6-8)15(20)18(14(10)19)9-3-5-13(17)12(7-9)16(21)22/h2-3,5,7,10-11H,4,6H2,1H3,(H,21,22)/t10-,11-/m1/s1. The van der Waals surface area contributed by atoms with Crippen molar-refractivity contribution >= 4 is 35.1 Å². The number of hydrogen-bond acceptors (Lipinski definition) is 3. The van der Waals surface area contributed by atoms with E-state index >= 15 is 0 Å². The first-order valence-corrected chi connectivity index (χ1v) is 7.34. The first-order chi connectivity index (χ1) is 10.4. The molecule has 0 radical (unpaired) electrons. The predicted molar refractivity (Wildman–Crippen MR) is 80.9 cm³/mol. The molecule has 0 bridgehead atoms. The lowest BCUT2D eigenvalue weighted by molar-refractivity contribution is -0.122. The van der Waals surface area contributed by atoms with Gasteiger partial charge in [-0.05, 0) is 38.0 Å². The molecule has 0 saturated carbocycles. The number of fused-ring (bicyclic) bond motifs is 1. The maximum atomic E-state index is 12.6. The summed E-state index contributed by atoms with van der Waals surface area (Å²) in [6, 6.07) is 4.17. The zero-order chi connectivity index (χ0) is 16.0. The number of carboxylic acid groups (broad SMARTS) is 1. The highest BCUT2D eigenvalue weighted by Crippen LogP contribution is 2.40. The first-order valence-electron chi connectivity index (χ1n) is 6.96. The second kappa shape index (κ2) is 5.25. The zero-order valence-corrected chi connectivity index (χ0v) is 12.6. The van der Waals surface area contributed by atoms with Crippen LogP contribution in [0.5, 0.6) is 0 Å². The Bertz CT molecular complexity index is 725. The van der Waals surface area contributed by atoms with Crippen LogP contribution in [0, 0.1) is 11.8 Å². The summed E-state index contributed by atoms with van der Waals surface area (Å²) in [5.74, 6) is -2.42. The minimum absolute atomic E-state index is 0.0743. The second-order valence-corrected chi connectivity index (χ2v) is 6.09. The average Bonchev–Trinajstić information content (AvgIpc) is 2.71. The first kappa shape index (κ1) is 14.8. The molecule has 2 aliphatic rings. The van der Waals surface area contributed by atoms with Crippen molar-refractivity contribution in [2.75, 3.05) is 4.90 Å². The minimum Gasteiger partial charge on any atom is -0.478 e. The number of anilines is 1. The van der Waals surface area contributed by atoms with Gasteiger partial charge in [0.05, 0.1) is 28.1 Å². The number of allylic oxidation sites excluding steroid dienone is 2. The van der Waals surface area contributed by atoms with Gasteiger partial charge in [0, 0.05) is 0 Å². The van der Waals surface area contributed by atoms with Gasteiger partial charge < -0.3 is 5.11 Å². The van der Waals surface area contributed by atoms with E-state index in [4.69, 9.17) is 16.7 Å². The molecule has 0 aromatic heterocycles. The molecule has 1 aromatic carbocycles. The van der Waals surface area contributed by atoms with Crippen LogP contribution >= 0.6 is 11.6 Å². The highest BCUT2D eigenvalue weighted by Gasteiger charge is 2.48. The van der Waals surface area contributed by atoms with Crippen LogP contribution in [0.25, 0.3) is 0 Å². The van der Waals surface area contributed by atoms with Crippen molar-refractivity contribution in [2.24, 2.45) is 11.8 Å². The Kier molecular flexibility index (Phi) is 3.53. The van der Waals surface area contributed by atoms with E-state index in [0.29, 0.717) is 12.8 Å². The van der Waals surface area contributed by atoms with Crippen molar-refractivity contribution in [1.29, 1.82) is 0 Å². The molecule has 114 valence electrons. The SMILES string of the molecule is CC1=CC[C@H]2C(=O)N(c3ccc(Cl)c(C(=O)O)c3)C(=O)[C@@H]2C1. The summed E-state index contributed by atoms with van der Waals surface area (Å²) in [6.45, 7) is 1.95. The van der Waals surface area contributed by atoms with Crippen LogP contribution in [0.3, 0.4) is 0 Å². The van der Waals surface area contributed by atoms with Crippen LogP contribution in [0.15, 0.2) is 29.8 Å². The number of halogens is 1. The topological polar surface area (TPSA) is 74.7 Å². The zero-order valence-electron chi connectivity index (χ0n) is 11.9. The number of imide groups is 1. The molecule has 1 fully saturated rings. The lowest BCUT2D eigenvalue weighted by atomic mass is 9.82. The molecule has 1 N–H and O–H groups in total. The number of carbonyl (C=O) groups is 3. The van der Waals surface area contributed by atoms with Crippen molar-refractivity contribution in [3.05, 3.63) is 40.4 Å². The van der Waals surface area contributed by atoms with Gasteiger partial charge in [-0.25, -0.2) is 4.79 Å². The molecule has 1 heterocycles. The van der Waals surface area contributed by atoms with Gasteiger partial charge in [-0.1, -0.05) is 23.3 Å². The maximum absolute atomic E-state index is 12.6. The van der Waals surface area contributed by atoms with Crippen molar-refractivity contribution in [3.8, 4) is 0 Å². The number of carboxylic acids is 1. The molecular weight excluding hydrogens is 306 g/mol. The molecule has 3 rings (SSSR count). The Labute approximate surface area is 132 Å². The van der Waals surface area contributed by atoms with Gasteiger partial charge in [0.2, 0.25) is 11.8 Å². The van der Waals surface area contributed by atoms with Gasteiger partial charge in [0.15, 0.2) is 0 Å². The normalized spacial score (nSPS) is 24.3. The summed E-state index contributed by atoms with van der Waals surface area (Å²) < 4.78 is 0. The fourth-order valence-corrected chi connectivity index (χ4v) is 3.31. The fraction of sp³-hybridized carbons (Fsp3) is 0.312. The number of carbonyl (C=O) groups excluding carboxylic acids is 2. The van der Waals surface area contributed by atoms with Crippen molar-refractivity contribution in [1.82, 2.24) is 0 Å². The monoisotopic (exact) mass is 319 g/mol. The Morgan fingerprint density at radius 2 is 1.95 bits per heavy atom. The van der Waals surface area contributed by atoms with Crippen molar-refractivity contribution < 1.29 is 19.5 Å². The maximum Gasteiger partial charge on any atom is 0.337 e. The number of nitrogens with zero attached hydrogens (tertiary/aromatic N) is 1. The van der Waals surface area contributed by atoms with Crippen molar-refractivity contribution in [2.45, 2.75) is 19.8 Å². The number of hydrogen-bond donors (Lipinski definition) is 1. The van der Waals surface area contributed by atoms with E-state index in [2.05, 4.69) is 0 Å². The van der Waals surface area contributed by atoms with Gasteiger partial charge >= 0.3 is 5.97 Å². The predicted octanol–water partition coefficient (Wildman–Crippen LogP) is 2.88. The third kappa shape index (κ3) is 2.22. The molecule has 22 heavy (non-hydrogen) atoms. The molecule has 2 atom stereocenters. The summed E-state index contributed by atoms with van der Waals surface area (Å²) in [6.07, 6.45) is 3.11. The highest BCUT2D eigenvalue weighted by atomic mass is 35.5. The van der Waals surface area contributed by atoms with Crippen LogP contribution in [-0.2, 0) is 9.59 Å². The summed E-state index contributed by atoms with van der Waals surface area (Å²) in [4.78, 5) is 37.3. The Morgan fingerprint density at radius 3 is 2.64 bits per heavy atom. The molecule has 1 aliphatic heterocycles. The van der Waals surface area contributed by atoms with E-state index in [1.165, 1.54) is 18.2 Å². The van der Waals surface area contributed by atoms with E-state index in [0.717, 1.165) is 10.5 Å². The van der Waals surface area contributed by atoms with Gasteiger partial charge in [0.1, 0.15) is 0 Å². The Hall–Kier alpha value is -2.14. The average molecular weight is 320 g/mol. The number of aromatic carboxylic acids is 1. The lowest BCUT2D eigenvalue weighted by Gasteiger charge is -2.18. The van der Waals surface area contributed by atoms with Crippen LogP contribution in [-0.4, -0.2) is 22.9 Å². The highest BCUT2D eigenvalue weighted by molar-refractivity contribution is 6.34. The Morgan fingerprint density at radius 1 is 1.27 bits per heavy atom. The molecule has 0 spiro atoms. The Balaban J connectivity index is 2.00. The summed E-state index contributed by atoms with van der Waals surface area (Å²) in [5, 5.41) is 9.20. The second-order valence-electron chi connectivity index (χ2n) is 5.68. The van der Waals surface area contributed by atoms with E-state index < -0.39 is 5.97 Å². The van der Waals surface area contributed by atoms with E-state index in [1.54, 1.807) is 0 Å². The molecule has 1 aliphatic carbocycles. The molecular formula is C16H14ClNO4. The number of rotatable bonds is 2. The smallest absolute Gasteiger partial charge is 0.337 e. The van der Waals surface area contributed by atoms with E-state index in [1.807, 2.05) is 13.0 Å². The lowest BCUT2D eigenvalue weighted by Crippen LogP contribution is -2.31. The largest absolute Gasteiger partial charge is 0.478 e. The van der Waals surface area contributed by atoms with Gasteiger partial charge in [-0.15, -0.1) is 0 Å². The molecule has 1 saturated heterocycles. The minimum atomic E-state index is -1.19. The third-order valence-corrected chi connectivity index (χ3v) is 4.59. The fourth-order valence-electron chi connectivity index (χ4n) is 3.11. The van der Waals surface area contributed by atoms with Crippen LogP contribution in [0.1, 0.15) is 30.1 Å². The van der Waals surface area contributed by atoms with E-state index in [-0.39, 0.29) is 39.9 Å². The van der Waals surface area contributed by atoms with Crippen LogP contribution in [0.4, 0.5) is 5.69 Å². The van der Waals surface area contributed by atoms with Gasteiger partial charge in [-0.3, -0.25) is 14.5 Å². The molecule has 0 unspecified atom stereocenters. The summed E-state index contributed by atoms with van der Waals surface area (Å²) >= 11 is 5.83. The van der Waals surface area contributed by atoms with Gasteiger partial charge in [0.25, 0.3) is 0 Å². The third-order valence-electron chi connectivity index (χ3n) is 4.26. The van der Waals surface area contributed by atoms with Crippen molar-refractivity contribution in [3.63, 3.8) is 0 Å². The summed E-state index contributed by atoms with van der Waals surface area (Å²) in [7, 11) is 0. The molecule has 5 nitrogen and oxygen atoms in total. The molecule has 2 amide bonds. The molecule has 6 heteroatoms. The summed E-state index contributed by atoms with van der Waals surface area (Å²) in [5.41, 5.74) is 1.25.